The van der Waals surface area contributed by atoms with Crippen LogP contribution in [0.4, 0.5) is 4.79 Å². The Morgan fingerprint density at radius 3 is 2.33 bits per heavy atom. The number of allylic oxidation sites excluding steroid dienone is 1. The van der Waals surface area contributed by atoms with Crippen LogP contribution in [0.1, 0.15) is 25.8 Å². The van der Waals surface area contributed by atoms with E-state index >= 15 is 0 Å². The average Bonchev–Trinajstić information content (AvgIpc) is 2.67. The first-order valence-corrected chi connectivity index (χ1v) is 9.04. The fraction of sp³-hybridized carbons (Fsp3) is 0.450. The maximum atomic E-state index is 12.4. The highest BCUT2D eigenvalue weighted by Crippen LogP contribution is 2.28. The molecule has 0 aromatic heterocycles. The smallest absolute Gasteiger partial charge is 0.407 e. The molecule has 1 amide bonds. The van der Waals surface area contributed by atoms with E-state index in [9.17, 15) is 14.4 Å². The summed E-state index contributed by atoms with van der Waals surface area (Å²) in [5.74, 6) is -2.61. The lowest BCUT2D eigenvalue weighted by Crippen LogP contribution is -2.49. The highest BCUT2D eigenvalue weighted by Gasteiger charge is 2.42. The summed E-state index contributed by atoms with van der Waals surface area (Å²) in [5, 5.41) is 2.65. The van der Waals surface area contributed by atoms with Gasteiger partial charge in [0.25, 0.3) is 0 Å². The molecule has 1 aliphatic rings. The van der Waals surface area contributed by atoms with Gasteiger partial charge < -0.3 is 19.5 Å². The fourth-order valence-corrected chi connectivity index (χ4v) is 2.97. The molecule has 0 radical (unpaired) electrons. The molecule has 3 unspecified atom stereocenters. The largest absolute Gasteiger partial charge is 0.466 e. The van der Waals surface area contributed by atoms with Crippen LogP contribution in [0.15, 0.2) is 42.5 Å². The predicted molar refractivity (Wildman–Crippen MR) is 97.6 cm³/mol. The molecule has 0 saturated heterocycles. The summed E-state index contributed by atoms with van der Waals surface area (Å²) < 4.78 is 15.4. The van der Waals surface area contributed by atoms with E-state index < -0.39 is 35.9 Å². The average molecular weight is 375 g/mol. The van der Waals surface area contributed by atoms with Gasteiger partial charge in [0.05, 0.1) is 31.1 Å². The molecule has 7 nitrogen and oxygen atoms in total. The Balaban J connectivity index is 2.05. The number of amides is 1. The van der Waals surface area contributed by atoms with Crippen molar-refractivity contribution in [3.8, 4) is 0 Å². The Morgan fingerprint density at radius 1 is 1.00 bits per heavy atom. The fourth-order valence-electron chi connectivity index (χ4n) is 2.97. The van der Waals surface area contributed by atoms with Gasteiger partial charge >= 0.3 is 18.0 Å². The molecule has 0 saturated carbocycles. The Morgan fingerprint density at radius 2 is 1.67 bits per heavy atom. The van der Waals surface area contributed by atoms with Crippen LogP contribution in [0.3, 0.4) is 0 Å². The molecule has 1 aromatic rings. The van der Waals surface area contributed by atoms with Crippen LogP contribution >= 0.6 is 0 Å². The Hall–Kier alpha value is -2.83. The quantitative estimate of drug-likeness (QED) is 0.447. The number of hydrogen-bond donors (Lipinski definition) is 1. The first-order chi connectivity index (χ1) is 13.1. The summed E-state index contributed by atoms with van der Waals surface area (Å²) in [6.07, 6.45) is 3.10. The van der Waals surface area contributed by atoms with Crippen molar-refractivity contribution in [1.29, 1.82) is 0 Å². The number of rotatable bonds is 7. The van der Waals surface area contributed by atoms with E-state index in [-0.39, 0.29) is 19.8 Å². The van der Waals surface area contributed by atoms with E-state index in [1.807, 2.05) is 30.3 Å². The van der Waals surface area contributed by atoms with Crippen molar-refractivity contribution in [1.82, 2.24) is 5.32 Å². The Bertz CT molecular complexity index is 672. The van der Waals surface area contributed by atoms with Crippen LogP contribution in [-0.4, -0.2) is 37.3 Å². The van der Waals surface area contributed by atoms with E-state index in [1.54, 1.807) is 26.0 Å². The summed E-state index contributed by atoms with van der Waals surface area (Å²) in [6.45, 7) is 3.89. The van der Waals surface area contributed by atoms with Gasteiger partial charge in [-0.05, 0) is 25.8 Å². The number of ether oxygens (including phenoxy) is 3. The maximum absolute atomic E-state index is 12.4. The van der Waals surface area contributed by atoms with Gasteiger partial charge in [0.1, 0.15) is 6.61 Å². The van der Waals surface area contributed by atoms with Crippen molar-refractivity contribution < 1.29 is 28.6 Å². The van der Waals surface area contributed by atoms with Gasteiger partial charge in [0.2, 0.25) is 0 Å². The molecule has 2 rings (SSSR count). The zero-order valence-electron chi connectivity index (χ0n) is 15.6. The highest BCUT2D eigenvalue weighted by molar-refractivity contribution is 5.84. The molecular weight excluding hydrogens is 350 g/mol. The standard InChI is InChI=1S/C20H25NO6/c1-3-25-18(22)15-11-8-12-16(17(15)19(23)26-4-2)21-20(24)27-13-14-9-6-5-7-10-14/h5-10,12,15-17H,3-4,11,13H2,1-2H3,(H,21,24). The first kappa shape index (κ1) is 20.5. The van der Waals surface area contributed by atoms with E-state index in [1.165, 1.54) is 0 Å². The van der Waals surface area contributed by atoms with Crippen molar-refractivity contribution in [3.05, 3.63) is 48.0 Å². The Labute approximate surface area is 158 Å². The zero-order valence-corrected chi connectivity index (χ0v) is 15.6. The molecule has 0 aliphatic heterocycles. The summed E-state index contributed by atoms with van der Waals surface area (Å²) in [7, 11) is 0. The molecule has 1 aliphatic carbocycles. The van der Waals surface area contributed by atoms with Crippen molar-refractivity contribution >= 4 is 18.0 Å². The topological polar surface area (TPSA) is 90.9 Å². The predicted octanol–water partition coefficient (Wildman–Crippen LogP) is 2.60. The summed E-state index contributed by atoms with van der Waals surface area (Å²) in [5.41, 5.74) is 0.846. The Kier molecular flexibility index (Phi) is 7.85. The number of nitrogens with one attached hydrogen (secondary N) is 1. The van der Waals surface area contributed by atoms with Crippen molar-refractivity contribution in [2.24, 2.45) is 11.8 Å². The molecule has 1 N–H and O–H groups in total. The lowest BCUT2D eigenvalue weighted by atomic mass is 9.79. The summed E-state index contributed by atoms with van der Waals surface area (Å²) in [6, 6.07) is 8.53. The maximum Gasteiger partial charge on any atom is 0.407 e. The second kappa shape index (κ2) is 10.4. The lowest BCUT2D eigenvalue weighted by Gasteiger charge is -2.31. The molecule has 27 heavy (non-hydrogen) atoms. The van der Waals surface area contributed by atoms with Crippen LogP contribution in [0.25, 0.3) is 0 Å². The molecule has 3 atom stereocenters. The molecular formula is C20H25NO6. The van der Waals surface area contributed by atoms with Crippen molar-refractivity contribution in [3.63, 3.8) is 0 Å². The molecule has 0 fully saturated rings. The van der Waals surface area contributed by atoms with Crippen LogP contribution in [-0.2, 0) is 30.4 Å². The number of carbonyl (C=O) groups is 3. The van der Waals surface area contributed by atoms with E-state index in [4.69, 9.17) is 14.2 Å². The van der Waals surface area contributed by atoms with Crippen LogP contribution in [0.5, 0.6) is 0 Å². The summed E-state index contributed by atoms with van der Waals surface area (Å²) >= 11 is 0. The van der Waals surface area contributed by atoms with Gasteiger partial charge in [-0.1, -0.05) is 42.5 Å². The second-order valence-electron chi connectivity index (χ2n) is 6.03. The molecule has 7 heteroatoms. The first-order valence-electron chi connectivity index (χ1n) is 9.04. The molecule has 0 heterocycles. The highest BCUT2D eigenvalue weighted by atomic mass is 16.6. The minimum absolute atomic E-state index is 0.106. The minimum atomic E-state index is -0.863. The number of benzene rings is 1. The number of hydrogen-bond acceptors (Lipinski definition) is 6. The number of esters is 2. The van der Waals surface area contributed by atoms with Gasteiger partial charge in [-0.25, -0.2) is 4.79 Å². The van der Waals surface area contributed by atoms with Crippen molar-refractivity contribution in [2.75, 3.05) is 13.2 Å². The third kappa shape index (κ3) is 5.84. The second-order valence-corrected chi connectivity index (χ2v) is 6.03. The zero-order chi connectivity index (χ0) is 19.6. The number of carbonyl (C=O) groups excluding carboxylic acids is 3. The molecule has 1 aromatic carbocycles. The monoisotopic (exact) mass is 375 g/mol. The van der Waals surface area contributed by atoms with E-state index in [0.717, 1.165) is 5.56 Å². The lowest BCUT2D eigenvalue weighted by molar-refractivity contribution is -0.161. The van der Waals surface area contributed by atoms with Gasteiger partial charge in [-0.2, -0.15) is 0 Å². The van der Waals surface area contributed by atoms with Crippen molar-refractivity contribution in [2.45, 2.75) is 32.9 Å². The molecule has 146 valence electrons. The summed E-state index contributed by atoms with van der Waals surface area (Å²) in [4.78, 5) is 36.9. The van der Waals surface area contributed by atoms with E-state index in [2.05, 4.69) is 5.32 Å². The molecule has 0 spiro atoms. The van der Waals surface area contributed by atoms with Gasteiger partial charge in [0.15, 0.2) is 0 Å². The van der Waals surface area contributed by atoms with Gasteiger partial charge in [0, 0.05) is 0 Å². The van der Waals surface area contributed by atoms with E-state index in [0.29, 0.717) is 6.42 Å². The van der Waals surface area contributed by atoms with Crippen LogP contribution < -0.4 is 5.32 Å². The molecule has 0 bridgehead atoms. The third-order valence-corrected chi connectivity index (χ3v) is 4.20. The van der Waals surface area contributed by atoms with Crippen LogP contribution in [0.2, 0.25) is 0 Å². The SMILES string of the molecule is CCOC(=O)C1CC=CC(NC(=O)OCc2ccccc2)C1C(=O)OCC. The number of alkyl carbamates (subject to hydrolysis) is 1. The normalized spacial score (nSPS) is 21.2. The van der Waals surface area contributed by atoms with Gasteiger partial charge in [-0.15, -0.1) is 0 Å². The third-order valence-electron chi connectivity index (χ3n) is 4.20. The van der Waals surface area contributed by atoms with Crippen LogP contribution in [0, 0.1) is 11.8 Å². The van der Waals surface area contributed by atoms with Gasteiger partial charge in [-0.3, -0.25) is 9.59 Å². The minimum Gasteiger partial charge on any atom is -0.466 e.